The van der Waals surface area contributed by atoms with E-state index in [1.807, 2.05) is 66.3 Å². The molecule has 0 fully saturated rings. The molecule has 2 aromatic carbocycles. The van der Waals surface area contributed by atoms with E-state index < -0.39 is 0 Å². The van der Waals surface area contributed by atoms with Gasteiger partial charge in [-0.3, -0.25) is 14.3 Å². The summed E-state index contributed by atoms with van der Waals surface area (Å²) >= 11 is 0. The summed E-state index contributed by atoms with van der Waals surface area (Å²) in [4.78, 5) is 25.1. The summed E-state index contributed by atoms with van der Waals surface area (Å²) in [5, 5.41) is 14.7. The minimum absolute atomic E-state index is 0.0534. The first-order valence-corrected chi connectivity index (χ1v) is 11.3. The summed E-state index contributed by atoms with van der Waals surface area (Å²) in [6.45, 7) is 0.837. The number of methoxy groups -OCH3 is 1. The lowest BCUT2D eigenvalue weighted by Gasteiger charge is -2.27. The van der Waals surface area contributed by atoms with Crippen molar-refractivity contribution < 1.29 is 24.2 Å². The lowest BCUT2D eigenvalue weighted by Crippen LogP contribution is -2.25. The van der Waals surface area contributed by atoms with Crippen molar-refractivity contribution in [1.29, 1.82) is 0 Å². The third-order valence-electron chi connectivity index (χ3n) is 5.89. The van der Waals surface area contributed by atoms with Gasteiger partial charge < -0.3 is 24.5 Å². The van der Waals surface area contributed by atoms with E-state index in [0.717, 1.165) is 22.4 Å². The highest BCUT2D eigenvalue weighted by atomic mass is 16.5. The van der Waals surface area contributed by atoms with Crippen LogP contribution in [0.1, 0.15) is 23.5 Å². The number of hydrogen-bond acceptors (Lipinski definition) is 6. The lowest BCUT2D eigenvalue weighted by molar-refractivity contribution is -0.123. The molecule has 1 unspecified atom stereocenters. The van der Waals surface area contributed by atoms with E-state index in [4.69, 9.17) is 24.5 Å². The van der Waals surface area contributed by atoms with E-state index in [-0.39, 0.29) is 18.3 Å². The maximum atomic E-state index is 12.7. The van der Waals surface area contributed by atoms with Gasteiger partial charge in [-0.1, -0.05) is 42.5 Å². The van der Waals surface area contributed by atoms with Crippen LogP contribution in [0.3, 0.4) is 0 Å². The predicted molar refractivity (Wildman–Crippen MR) is 133 cm³/mol. The van der Waals surface area contributed by atoms with Gasteiger partial charge in [-0.15, -0.1) is 0 Å². The van der Waals surface area contributed by atoms with Crippen LogP contribution in [0, 0.1) is 0 Å². The number of amides is 1. The number of fused-ring (bicyclic) bond motifs is 1. The Bertz CT molecular complexity index is 1320. The van der Waals surface area contributed by atoms with Crippen molar-refractivity contribution in [3.05, 3.63) is 78.4 Å². The summed E-state index contributed by atoms with van der Waals surface area (Å²) in [6.07, 6.45) is 5.69. The summed E-state index contributed by atoms with van der Waals surface area (Å²) in [5.41, 5.74) is 3.74. The SMILES string of the molecule is COc1cccc(C2CC(=O)Nc3c2c(-c2ccccc2)nn3C)c1OCCn1ccnc1.O=CO. The van der Waals surface area contributed by atoms with Crippen LogP contribution < -0.4 is 14.8 Å². The maximum absolute atomic E-state index is 12.7. The van der Waals surface area contributed by atoms with Crippen molar-refractivity contribution in [2.75, 3.05) is 19.0 Å². The Kier molecular flexibility index (Phi) is 7.64. The number of hydrogen-bond donors (Lipinski definition) is 2. The Morgan fingerprint density at radius 3 is 2.67 bits per heavy atom. The quantitative estimate of drug-likeness (QED) is 0.381. The van der Waals surface area contributed by atoms with Crippen molar-refractivity contribution >= 4 is 18.2 Å². The second-order valence-electron chi connectivity index (χ2n) is 8.04. The van der Waals surface area contributed by atoms with Gasteiger partial charge in [-0.2, -0.15) is 5.10 Å². The lowest BCUT2D eigenvalue weighted by atomic mass is 9.83. The van der Waals surface area contributed by atoms with Gasteiger partial charge in [-0.25, -0.2) is 4.98 Å². The van der Waals surface area contributed by atoms with E-state index in [0.29, 0.717) is 36.9 Å². The van der Waals surface area contributed by atoms with Gasteiger partial charge >= 0.3 is 0 Å². The number of anilines is 1. The fraction of sp³-hybridized carbons (Fsp3) is 0.231. The van der Waals surface area contributed by atoms with Gasteiger partial charge in [0.2, 0.25) is 5.91 Å². The minimum atomic E-state index is -0.250. The Balaban J connectivity index is 0.000000967. The van der Waals surface area contributed by atoms with Crippen molar-refractivity contribution in [2.24, 2.45) is 7.05 Å². The number of carboxylic acid groups (broad SMARTS) is 1. The highest BCUT2D eigenvalue weighted by Crippen LogP contribution is 2.47. The second kappa shape index (κ2) is 11.2. The first kappa shape index (κ1) is 24.5. The Morgan fingerprint density at radius 1 is 1.19 bits per heavy atom. The van der Waals surface area contributed by atoms with Crippen molar-refractivity contribution in [1.82, 2.24) is 19.3 Å². The largest absolute Gasteiger partial charge is 0.493 e. The number of nitrogens with zero attached hydrogens (tertiary/aromatic N) is 4. The standard InChI is InChI=1S/C25H25N5O3.CH2O2/c1-29-25-22(23(28-29)17-7-4-3-5-8-17)19(15-21(31)27-25)18-9-6-10-20(32-2)24(18)33-14-13-30-12-11-26-16-30;2-1-3/h3-12,16,19H,13-15H2,1-2H3,(H,27,31);1H,(H,2,3). The smallest absolute Gasteiger partial charge is 0.290 e. The molecule has 5 rings (SSSR count). The van der Waals surface area contributed by atoms with Gasteiger partial charge in [0, 0.05) is 48.5 Å². The van der Waals surface area contributed by atoms with Crippen LogP contribution >= 0.6 is 0 Å². The molecule has 10 heteroatoms. The van der Waals surface area contributed by atoms with Gasteiger partial charge in [0.25, 0.3) is 6.47 Å². The van der Waals surface area contributed by atoms with Gasteiger partial charge in [0.15, 0.2) is 11.5 Å². The second-order valence-corrected chi connectivity index (χ2v) is 8.04. The fourth-order valence-electron chi connectivity index (χ4n) is 4.36. The zero-order chi connectivity index (χ0) is 25.5. The highest BCUT2D eigenvalue weighted by molar-refractivity contribution is 5.96. The van der Waals surface area contributed by atoms with Crippen LogP contribution in [0.4, 0.5) is 5.82 Å². The average Bonchev–Trinajstić information content (AvgIpc) is 3.53. The molecular formula is C26H27N5O5. The zero-order valence-electron chi connectivity index (χ0n) is 20.0. The highest BCUT2D eigenvalue weighted by Gasteiger charge is 2.35. The van der Waals surface area contributed by atoms with Gasteiger partial charge in [0.05, 0.1) is 25.7 Å². The van der Waals surface area contributed by atoms with E-state index in [1.54, 1.807) is 24.3 Å². The molecule has 2 N–H and O–H groups in total. The van der Waals surface area contributed by atoms with Crippen molar-refractivity contribution in [3.63, 3.8) is 0 Å². The molecular weight excluding hydrogens is 462 g/mol. The Morgan fingerprint density at radius 2 is 1.97 bits per heavy atom. The number of nitrogens with one attached hydrogen (secondary N) is 1. The van der Waals surface area contributed by atoms with E-state index in [9.17, 15) is 4.79 Å². The average molecular weight is 490 g/mol. The Labute approximate surface area is 208 Å². The molecule has 36 heavy (non-hydrogen) atoms. The zero-order valence-corrected chi connectivity index (χ0v) is 20.0. The summed E-state index contributed by atoms with van der Waals surface area (Å²) in [5.74, 6) is 1.71. The molecule has 2 aromatic heterocycles. The summed E-state index contributed by atoms with van der Waals surface area (Å²) in [6, 6.07) is 15.8. The maximum Gasteiger partial charge on any atom is 0.290 e. The monoisotopic (exact) mass is 489 g/mol. The number of para-hydroxylation sites is 1. The normalized spacial score (nSPS) is 14.2. The molecule has 0 aliphatic carbocycles. The van der Waals surface area contributed by atoms with Crippen LogP contribution in [-0.2, 0) is 23.2 Å². The first-order valence-electron chi connectivity index (χ1n) is 11.3. The first-order chi connectivity index (χ1) is 17.6. The fourth-order valence-corrected chi connectivity index (χ4v) is 4.36. The molecule has 0 radical (unpaired) electrons. The molecule has 4 aromatic rings. The number of aromatic nitrogens is 4. The predicted octanol–water partition coefficient (Wildman–Crippen LogP) is 3.55. The number of ether oxygens (including phenoxy) is 2. The third kappa shape index (κ3) is 5.07. The van der Waals surface area contributed by atoms with E-state index >= 15 is 0 Å². The molecule has 1 amide bonds. The number of carbonyl (C=O) groups excluding carboxylic acids is 1. The van der Waals surface area contributed by atoms with Crippen LogP contribution in [0.5, 0.6) is 11.5 Å². The van der Waals surface area contributed by atoms with Crippen LogP contribution in [-0.4, -0.2) is 50.5 Å². The number of benzene rings is 2. The van der Waals surface area contributed by atoms with Gasteiger partial charge in [-0.05, 0) is 6.07 Å². The molecule has 0 saturated carbocycles. The number of aryl methyl sites for hydroxylation is 1. The molecule has 0 bridgehead atoms. The van der Waals surface area contributed by atoms with Crippen LogP contribution in [0.25, 0.3) is 11.3 Å². The molecule has 186 valence electrons. The number of imidazole rings is 1. The number of carbonyl (C=O) groups is 2. The minimum Gasteiger partial charge on any atom is -0.493 e. The van der Waals surface area contributed by atoms with E-state index in [1.165, 1.54) is 0 Å². The molecule has 3 heterocycles. The third-order valence-corrected chi connectivity index (χ3v) is 5.89. The summed E-state index contributed by atoms with van der Waals surface area (Å²) < 4.78 is 15.6. The topological polar surface area (TPSA) is 121 Å². The molecule has 0 saturated heterocycles. The molecule has 0 spiro atoms. The van der Waals surface area contributed by atoms with E-state index in [2.05, 4.69) is 10.3 Å². The molecule has 1 aliphatic rings. The van der Waals surface area contributed by atoms with Gasteiger partial charge in [0.1, 0.15) is 12.4 Å². The van der Waals surface area contributed by atoms with Crippen molar-refractivity contribution in [2.45, 2.75) is 18.9 Å². The number of rotatable bonds is 7. The molecule has 1 aliphatic heterocycles. The van der Waals surface area contributed by atoms with Crippen molar-refractivity contribution in [3.8, 4) is 22.8 Å². The van der Waals surface area contributed by atoms with Crippen LogP contribution in [0.2, 0.25) is 0 Å². The Hall–Kier alpha value is -4.60. The molecule has 1 atom stereocenters. The van der Waals surface area contributed by atoms with Crippen LogP contribution in [0.15, 0.2) is 67.3 Å². The molecule has 10 nitrogen and oxygen atoms in total. The summed E-state index contributed by atoms with van der Waals surface area (Å²) in [7, 11) is 3.47.